The summed E-state index contributed by atoms with van der Waals surface area (Å²) >= 11 is 0. The molecular weight excluding hydrogens is 501 g/mol. The summed E-state index contributed by atoms with van der Waals surface area (Å²) in [6, 6.07) is 19.8. The lowest BCUT2D eigenvalue weighted by atomic mass is 9.85. The van der Waals surface area contributed by atoms with Gasteiger partial charge >= 0.3 is 5.97 Å². The van der Waals surface area contributed by atoms with Crippen LogP contribution in [0.1, 0.15) is 95.6 Å². The number of rotatable bonds is 7. The van der Waals surface area contributed by atoms with E-state index >= 15 is 0 Å². The van der Waals surface area contributed by atoms with Crippen LogP contribution in [0.15, 0.2) is 66.7 Å². The highest BCUT2D eigenvalue weighted by atomic mass is 19.1. The summed E-state index contributed by atoms with van der Waals surface area (Å²) in [5.41, 5.74) is 5.44. The Morgan fingerprint density at radius 3 is 2.25 bits per heavy atom. The number of nitrogens with zero attached hydrogens (tertiary/aromatic N) is 1. The second-order valence-electron chi connectivity index (χ2n) is 11.0. The molecule has 0 spiro atoms. The van der Waals surface area contributed by atoms with E-state index in [1.54, 1.807) is 12.1 Å². The minimum absolute atomic E-state index is 0.0811. The smallest absolute Gasteiger partial charge is 0.337 e. The molecule has 206 valence electrons. The summed E-state index contributed by atoms with van der Waals surface area (Å²) in [6.07, 6.45) is 9.29. The monoisotopic (exact) mass is 537 g/mol. The zero-order valence-electron chi connectivity index (χ0n) is 23.1. The largest absolute Gasteiger partial charge is 0.465 e. The lowest BCUT2D eigenvalue weighted by molar-refractivity contribution is -0.135. The lowest BCUT2D eigenvalue weighted by Gasteiger charge is -2.36. The SMILES string of the molecule is COC(=O)c1ccc2c(c1)C(N(Cc1ccc(C#Cc3ccc(F)cc3)cc1)C(=O)CCC1CCCC1)CCC2. The van der Waals surface area contributed by atoms with Crippen LogP contribution >= 0.6 is 0 Å². The summed E-state index contributed by atoms with van der Waals surface area (Å²) in [5.74, 6) is 6.40. The average molecular weight is 538 g/mol. The number of carbonyl (C=O) groups is 2. The maximum absolute atomic E-state index is 13.8. The Morgan fingerprint density at radius 1 is 0.900 bits per heavy atom. The molecule has 1 fully saturated rings. The molecule has 0 bridgehead atoms. The van der Waals surface area contributed by atoms with Crippen molar-refractivity contribution in [3.8, 4) is 11.8 Å². The van der Waals surface area contributed by atoms with Crippen molar-refractivity contribution in [2.75, 3.05) is 7.11 Å². The number of hydrogen-bond acceptors (Lipinski definition) is 3. The highest BCUT2D eigenvalue weighted by molar-refractivity contribution is 5.89. The number of esters is 1. The van der Waals surface area contributed by atoms with E-state index in [1.807, 2.05) is 47.4 Å². The molecule has 5 heteroatoms. The van der Waals surface area contributed by atoms with Gasteiger partial charge in [-0.1, -0.05) is 55.7 Å². The number of amides is 1. The van der Waals surface area contributed by atoms with Crippen molar-refractivity contribution in [1.82, 2.24) is 4.90 Å². The predicted octanol–water partition coefficient (Wildman–Crippen LogP) is 7.39. The van der Waals surface area contributed by atoms with Crippen molar-refractivity contribution in [2.45, 2.75) is 70.4 Å². The molecule has 0 aromatic heterocycles. The third-order valence-electron chi connectivity index (χ3n) is 8.29. The van der Waals surface area contributed by atoms with Crippen molar-refractivity contribution in [3.05, 3.63) is 106 Å². The molecule has 5 rings (SSSR count). The van der Waals surface area contributed by atoms with Crippen molar-refractivity contribution in [3.63, 3.8) is 0 Å². The lowest BCUT2D eigenvalue weighted by Crippen LogP contribution is -2.36. The molecule has 3 aromatic carbocycles. The first-order valence-corrected chi connectivity index (χ1v) is 14.4. The van der Waals surface area contributed by atoms with Crippen LogP contribution in [0.4, 0.5) is 4.39 Å². The Labute approximate surface area is 236 Å². The van der Waals surface area contributed by atoms with E-state index in [2.05, 4.69) is 11.8 Å². The molecule has 2 aliphatic carbocycles. The fourth-order valence-electron chi connectivity index (χ4n) is 6.05. The van der Waals surface area contributed by atoms with Gasteiger partial charge in [-0.05, 0) is 96.8 Å². The molecule has 1 unspecified atom stereocenters. The number of benzene rings is 3. The molecule has 0 saturated heterocycles. The van der Waals surface area contributed by atoms with Crippen molar-refractivity contribution >= 4 is 11.9 Å². The van der Waals surface area contributed by atoms with Crippen LogP contribution in [0, 0.1) is 23.6 Å². The van der Waals surface area contributed by atoms with Gasteiger partial charge in [-0.2, -0.15) is 0 Å². The normalized spacial score (nSPS) is 16.5. The van der Waals surface area contributed by atoms with Crippen LogP contribution < -0.4 is 0 Å². The van der Waals surface area contributed by atoms with Crippen LogP contribution in [-0.2, 0) is 22.5 Å². The van der Waals surface area contributed by atoms with Crippen LogP contribution in [0.2, 0.25) is 0 Å². The number of aryl methyl sites for hydroxylation is 1. The third-order valence-corrected chi connectivity index (χ3v) is 8.29. The molecule has 40 heavy (non-hydrogen) atoms. The van der Waals surface area contributed by atoms with Gasteiger partial charge in [0, 0.05) is 24.1 Å². The van der Waals surface area contributed by atoms with Crippen molar-refractivity contribution < 1.29 is 18.7 Å². The molecule has 0 radical (unpaired) electrons. The van der Waals surface area contributed by atoms with E-state index in [-0.39, 0.29) is 23.7 Å². The number of hydrogen-bond donors (Lipinski definition) is 0. The summed E-state index contributed by atoms with van der Waals surface area (Å²) in [5, 5.41) is 0. The van der Waals surface area contributed by atoms with Gasteiger partial charge < -0.3 is 9.64 Å². The van der Waals surface area contributed by atoms with E-state index in [9.17, 15) is 14.0 Å². The predicted molar refractivity (Wildman–Crippen MR) is 154 cm³/mol. The first-order valence-electron chi connectivity index (χ1n) is 14.4. The van der Waals surface area contributed by atoms with Gasteiger partial charge in [0.25, 0.3) is 0 Å². The highest BCUT2D eigenvalue weighted by Gasteiger charge is 2.31. The maximum Gasteiger partial charge on any atom is 0.337 e. The summed E-state index contributed by atoms with van der Waals surface area (Å²) in [6.45, 7) is 0.502. The van der Waals surface area contributed by atoms with Gasteiger partial charge in [0.05, 0.1) is 18.7 Å². The molecule has 0 aliphatic heterocycles. The van der Waals surface area contributed by atoms with Crippen LogP contribution in [-0.4, -0.2) is 23.9 Å². The molecule has 3 aromatic rings. The Morgan fingerprint density at radius 2 is 1.57 bits per heavy atom. The highest BCUT2D eigenvalue weighted by Crippen LogP contribution is 2.37. The number of methoxy groups -OCH3 is 1. The van der Waals surface area contributed by atoms with E-state index in [1.165, 1.54) is 50.5 Å². The number of halogens is 1. The first-order chi connectivity index (χ1) is 19.5. The fourth-order valence-corrected chi connectivity index (χ4v) is 6.05. The quantitative estimate of drug-likeness (QED) is 0.233. The zero-order chi connectivity index (χ0) is 27.9. The molecule has 0 N–H and O–H groups in total. The van der Waals surface area contributed by atoms with Crippen LogP contribution in [0.25, 0.3) is 0 Å². The summed E-state index contributed by atoms with van der Waals surface area (Å²) in [7, 11) is 1.39. The Hall–Kier alpha value is -3.91. The molecule has 1 saturated carbocycles. The van der Waals surface area contributed by atoms with Gasteiger partial charge in [0.1, 0.15) is 5.82 Å². The number of ether oxygens (including phenoxy) is 1. The zero-order valence-corrected chi connectivity index (χ0v) is 23.1. The Balaban J connectivity index is 1.38. The average Bonchev–Trinajstić information content (AvgIpc) is 3.52. The van der Waals surface area contributed by atoms with Crippen molar-refractivity contribution in [1.29, 1.82) is 0 Å². The van der Waals surface area contributed by atoms with E-state index in [4.69, 9.17) is 4.74 Å². The molecule has 1 amide bonds. The standard InChI is InChI=1S/C35H36FNO3/c1-40-35(39)30-19-18-29-7-4-8-33(32(29)23-30)37(34(38)22-17-25-5-2-3-6-25)24-28-13-11-26(12-14-28)9-10-27-15-20-31(36)21-16-27/h11-16,18-21,23,25,33H,2-8,17,22,24H2,1H3. The van der Waals surface area contributed by atoms with Crippen LogP contribution in [0.3, 0.4) is 0 Å². The number of fused-ring (bicyclic) bond motifs is 1. The fraction of sp³-hybridized carbons (Fsp3) is 0.371. The topological polar surface area (TPSA) is 46.6 Å². The van der Waals surface area contributed by atoms with Gasteiger partial charge in [0.2, 0.25) is 5.91 Å². The van der Waals surface area contributed by atoms with Crippen LogP contribution in [0.5, 0.6) is 0 Å². The Bertz CT molecular complexity index is 1400. The molecule has 2 aliphatic rings. The minimum atomic E-state index is -0.358. The molecule has 1 atom stereocenters. The summed E-state index contributed by atoms with van der Waals surface area (Å²) in [4.78, 5) is 28.2. The molecule has 4 nitrogen and oxygen atoms in total. The third kappa shape index (κ3) is 6.80. The van der Waals surface area contributed by atoms with Gasteiger partial charge in [-0.15, -0.1) is 0 Å². The maximum atomic E-state index is 13.8. The molecule has 0 heterocycles. The number of carbonyl (C=O) groups excluding carboxylic acids is 2. The minimum Gasteiger partial charge on any atom is -0.465 e. The van der Waals surface area contributed by atoms with Gasteiger partial charge in [-0.25, -0.2) is 9.18 Å². The van der Waals surface area contributed by atoms with E-state index in [0.717, 1.165) is 47.9 Å². The van der Waals surface area contributed by atoms with Gasteiger partial charge in [-0.3, -0.25) is 4.79 Å². The van der Waals surface area contributed by atoms with Gasteiger partial charge in [0.15, 0.2) is 0 Å². The van der Waals surface area contributed by atoms with Crippen molar-refractivity contribution in [2.24, 2.45) is 5.92 Å². The first kappa shape index (κ1) is 27.6. The molecular formula is C35H36FNO3. The van der Waals surface area contributed by atoms with E-state index < -0.39 is 0 Å². The second kappa shape index (κ2) is 13.0. The Kier molecular flexibility index (Phi) is 8.96. The summed E-state index contributed by atoms with van der Waals surface area (Å²) < 4.78 is 18.2. The van der Waals surface area contributed by atoms with E-state index in [0.29, 0.717) is 24.4 Å². The second-order valence-corrected chi connectivity index (χ2v) is 11.0.